The van der Waals surface area contributed by atoms with Crippen LogP contribution in [0.5, 0.6) is 0 Å². The number of nitrogens with one attached hydrogen (secondary N) is 1. The highest BCUT2D eigenvalue weighted by molar-refractivity contribution is 7.98. The fourth-order valence-electron chi connectivity index (χ4n) is 1.06. The van der Waals surface area contributed by atoms with Crippen LogP contribution in [0.25, 0.3) is 0 Å². The summed E-state index contributed by atoms with van der Waals surface area (Å²) in [6.07, 6.45) is 2.62. The fourth-order valence-corrected chi connectivity index (χ4v) is 2.89. The highest BCUT2D eigenvalue weighted by Crippen LogP contribution is 2.01. The molecule has 1 unspecified atom stereocenters. The molecule has 0 spiro atoms. The van der Waals surface area contributed by atoms with Crippen LogP contribution in [0.4, 0.5) is 0 Å². The maximum Gasteiger partial charge on any atom is 0.279 e. The zero-order valence-corrected chi connectivity index (χ0v) is 11.2. The van der Waals surface area contributed by atoms with Crippen LogP contribution in [0.3, 0.4) is 0 Å². The molecule has 7 heteroatoms. The van der Waals surface area contributed by atoms with Gasteiger partial charge in [0.15, 0.2) is 0 Å². The lowest BCUT2D eigenvalue weighted by Crippen LogP contribution is -2.44. The predicted molar refractivity (Wildman–Crippen MR) is 66.2 cm³/mol. The number of thioether (sulfide) groups is 1. The molecule has 3 N–H and O–H groups in total. The number of nitrogens with zero attached hydrogens (tertiary/aromatic N) is 1. The smallest absolute Gasteiger partial charge is 0.279 e. The van der Waals surface area contributed by atoms with Crippen LogP contribution in [0.1, 0.15) is 13.3 Å². The summed E-state index contributed by atoms with van der Waals surface area (Å²) in [4.78, 5) is 0. The molecule has 0 fully saturated rings. The summed E-state index contributed by atoms with van der Waals surface area (Å²) in [5.41, 5.74) is 5.32. The summed E-state index contributed by atoms with van der Waals surface area (Å²) >= 11 is 1.61. The van der Waals surface area contributed by atoms with E-state index < -0.39 is 10.2 Å². The molecule has 0 aliphatic heterocycles. The third-order valence-corrected chi connectivity index (χ3v) is 4.39. The minimum atomic E-state index is -3.34. The van der Waals surface area contributed by atoms with Gasteiger partial charge in [-0.1, -0.05) is 0 Å². The van der Waals surface area contributed by atoms with Crippen molar-refractivity contribution in [1.29, 1.82) is 0 Å². The summed E-state index contributed by atoms with van der Waals surface area (Å²) in [7, 11) is -1.78. The maximum absolute atomic E-state index is 11.7. The molecule has 15 heavy (non-hydrogen) atoms. The first-order chi connectivity index (χ1) is 6.94. The van der Waals surface area contributed by atoms with E-state index in [0.717, 1.165) is 5.75 Å². The molecular weight excluding hydrogens is 234 g/mol. The van der Waals surface area contributed by atoms with Gasteiger partial charge in [-0.2, -0.15) is 29.2 Å². The largest absolute Gasteiger partial charge is 0.330 e. The van der Waals surface area contributed by atoms with Gasteiger partial charge in [-0.3, -0.25) is 0 Å². The van der Waals surface area contributed by atoms with Crippen molar-refractivity contribution in [3.05, 3.63) is 0 Å². The normalized spacial score (nSPS) is 14.5. The third-order valence-electron chi connectivity index (χ3n) is 1.85. The van der Waals surface area contributed by atoms with Crippen molar-refractivity contribution < 1.29 is 8.42 Å². The van der Waals surface area contributed by atoms with Crippen LogP contribution < -0.4 is 10.5 Å². The molecule has 0 amide bonds. The van der Waals surface area contributed by atoms with E-state index in [2.05, 4.69) is 4.72 Å². The Morgan fingerprint density at radius 2 is 2.13 bits per heavy atom. The molecule has 0 saturated heterocycles. The molecule has 0 radical (unpaired) electrons. The molecule has 5 nitrogen and oxygen atoms in total. The second-order valence-electron chi connectivity index (χ2n) is 3.44. The maximum atomic E-state index is 11.7. The van der Waals surface area contributed by atoms with Gasteiger partial charge in [-0.15, -0.1) is 0 Å². The summed E-state index contributed by atoms with van der Waals surface area (Å²) in [6, 6.07) is -0.0506. The van der Waals surface area contributed by atoms with Crippen molar-refractivity contribution in [3.8, 4) is 0 Å². The van der Waals surface area contributed by atoms with Gasteiger partial charge < -0.3 is 5.73 Å². The van der Waals surface area contributed by atoms with E-state index in [0.29, 0.717) is 19.5 Å². The quantitative estimate of drug-likeness (QED) is 0.633. The first kappa shape index (κ1) is 15.2. The van der Waals surface area contributed by atoms with E-state index in [1.807, 2.05) is 13.2 Å². The lowest BCUT2D eigenvalue weighted by molar-refractivity contribution is 0.448. The van der Waals surface area contributed by atoms with Crippen LogP contribution in [-0.2, 0) is 10.2 Å². The monoisotopic (exact) mass is 255 g/mol. The van der Waals surface area contributed by atoms with Gasteiger partial charge in [0, 0.05) is 25.4 Å². The molecule has 92 valence electrons. The molecule has 0 aliphatic rings. The van der Waals surface area contributed by atoms with Crippen molar-refractivity contribution in [2.45, 2.75) is 19.4 Å². The fraction of sp³-hybridized carbons (Fsp3) is 1.00. The van der Waals surface area contributed by atoms with Gasteiger partial charge in [0.2, 0.25) is 0 Å². The average Bonchev–Trinajstić information content (AvgIpc) is 2.13. The SMILES string of the molecule is CSCC(C)NS(=O)(=O)N(C)CCCN. The number of rotatable bonds is 8. The van der Waals surface area contributed by atoms with Crippen LogP contribution in [-0.4, -0.2) is 50.9 Å². The van der Waals surface area contributed by atoms with Gasteiger partial charge in [-0.05, 0) is 26.1 Å². The topological polar surface area (TPSA) is 75.4 Å². The van der Waals surface area contributed by atoms with E-state index >= 15 is 0 Å². The van der Waals surface area contributed by atoms with Crippen molar-refractivity contribution in [3.63, 3.8) is 0 Å². The molecule has 1 atom stereocenters. The van der Waals surface area contributed by atoms with E-state index in [-0.39, 0.29) is 6.04 Å². The van der Waals surface area contributed by atoms with Gasteiger partial charge in [0.1, 0.15) is 0 Å². The molecule has 0 aliphatic carbocycles. The summed E-state index contributed by atoms with van der Waals surface area (Å²) in [6.45, 7) is 2.81. The molecule has 0 aromatic carbocycles. The summed E-state index contributed by atoms with van der Waals surface area (Å²) in [5.74, 6) is 0.768. The van der Waals surface area contributed by atoms with Crippen LogP contribution in [0.15, 0.2) is 0 Å². The van der Waals surface area contributed by atoms with Crippen LogP contribution in [0, 0.1) is 0 Å². The van der Waals surface area contributed by atoms with Gasteiger partial charge >= 0.3 is 0 Å². The Bertz CT molecular complexity index is 257. The molecule has 0 saturated carbocycles. The zero-order chi connectivity index (χ0) is 11.9. The van der Waals surface area contributed by atoms with Gasteiger partial charge in [-0.25, -0.2) is 0 Å². The molecule has 0 bridgehead atoms. The lowest BCUT2D eigenvalue weighted by atomic mass is 10.4. The van der Waals surface area contributed by atoms with E-state index in [4.69, 9.17) is 5.73 Å². The van der Waals surface area contributed by atoms with E-state index in [1.165, 1.54) is 4.31 Å². The van der Waals surface area contributed by atoms with Crippen molar-refractivity contribution in [2.75, 3.05) is 32.1 Å². The molecule has 0 rings (SSSR count). The van der Waals surface area contributed by atoms with Gasteiger partial charge in [0.25, 0.3) is 10.2 Å². The first-order valence-corrected chi connectivity index (χ1v) is 7.70. The Morgan fingerprint density at radius 1 is 1.53 bits per heavy atom. The molecular formula is C8H21N3O2S2. The Labute approximate surface area is 97.0 Å². The molecule has 0 heterocycles. The second-order valence-corrected chi connectivity index (χ2v) is 6.16. The second kappa shape index (κ2) is 7.45. The van der Waals surface area contributed by atoms with Crippen molar-refractivity contribution >= 4 is 22.0 Å². The van der Waals surface area contributed by atoms with Crippen LogP contribution >= 0.6 is 11.8 Å². The summed E-state index contributed by atoms with van der Waals surface area (Å²) in [5, 5.41) is 0. The van der Waals surface area contributed by atoms with E-state index in [9.17, 15) is 8.42 Å². The highest BCUT2D eigenvalue weighted by atomic mass is 32.2. The Balaban J connectivity index is 4.16. The molecule has 0 aromatic heterocycles. The van der Waals surface area contributed by atoms with Crippen molar-refractivity contribution in [2.24, 2.45) is 5.73 Å². The summed E-state index contributed by atoms with van der Waals surface area (Å²) < 4.78 is 27.3. The highest BCUT2D eigenvalue weighted by Gasteiger charge is 2.18. The predicted octanol–water partition coefficient (Wildman–Crippen LogP) is -0.147. The van der Waals surface area contributed by atoms with E-state index in [1.54, 1.807) is 18.8 Å². The lowest BCUT2D eigenvalue weighted by Gasteiger charge is -2.20. The Hall–Kier alpha value is 0.180. The molecule has 0 aromatic rings. The minimum Gasteiger partial charge on any atom is -0.330 e. The first-order valence-electron chi connectivity index (χ1n) is 4.86. The minimum absolute atomic E-state index is 0.0506. The number of nitrogens with two attached hydrogens (primary N) is 1. The third kappa shape index (κ3) is 6.36. The average molecular weight is 255 g/mol. The Morgan fingerprint density at radius 3 is 2.60 bits per heavy atom. The van der Waals surface area contributed by atoms with Crippen molar-refractivity contribution in [1.82, 2.24) is 9.03 Å². The Kier molecular flexibility index (Phi) is 7.54. The zero-order valence-electron chi connectivity index (χ0n) is 9.56. The number of hydrogen-bond donors (Lipinski definition) is 2. The van der Waals surface area contributed by atoms with Gasteiger partial charge in [0.05, 0.1) is 0 Å². The number of hydrogen-bond acceptors (Lipinski definition) is 4. The standard InChI is InChI=1S/C8H21N3O2S2/c1-8(7-14-3)10-15(12,13)11(2)6-4-5-9/h8,10H,4-7,9H2,1-3H3. The van der Waals surface area contributed by atoms with Crippen LogP contribution in [0.2, 0.25) is 0 Å².